The molecule has 0 unspecified atom stereocenters. The van der Waals surface area contributed by atoms with E-state index in [0.29, 0.717) is 0 Å². The van der Waals surface area contributed by atoms with Crippen molar-refractivity contribution in [3.8, 4) is 0 Å². The van der Waals surface area contributed by atoms with Gasteiger partial charge in [0.1, 0.15) is 0 Å². The highest BCUT2D eigenvalue weighted by Crippen LogP contribution is 2.36. The molecule has 1 saturated heterocycles. The quantitative estimate of drug-likeness (QED) is 0.711. The Balaban J connectivity index is 0.000000492. The van der Waals surface area contributed by atoms with Crippen molar-refractivity contribution in [1.82, 2.24) is 0 Å². The predicted molar refractivity (Wildman–Crippen MR) is 72.3 cm³/mol. The minimum Gasteiger partial charge on any atom is -0.429 e. The van der Waals surface area contributed by atoms with Crippen LogP contribution in [0.3, 0.4) is 0 Å². The first-order valence-corrected chi connectivity index (χ1v) is 5.85. The fourth-order valence-electron chi connectivity index (χ4n) is 1.59. The molecule has 1 aliphatic rings. The van der Waals surface area contributed by atoms with Gasteiger partial charge in [0, 0.05) is 0 Å². The van der Waals surface area contributed by atoms with Crippen LogP contribution in [-0.2, 0) is 9.31 Å². The third-order valence-electron chi connectivity index (χ3n) is 3.32. The van der Waals surface area contributed by atoms with Crippen molar-refractivity contribution in [3.63, 3.8) is 0 Å². The average Bonchev–Trinajstić information content (AvgIpc) is 2.51. The molecule has 97 valence electrons. The molecule has 0 aromatic heterocycles. The molecule has 0 atom stereocenters. The van der Waals surface area contributed by atoms with Crippen LogP contribution in [0, 0.1) is 0 Å². The van der Waals surface area contributed by atoms with Crippen LogP contribution in [0.25, 0.3) is 0 Å². The molecule has 1 aromatic rings. The molecular formula is C12H19B2O4. The van der Waals surface area contributed by atoms with Crippen LogP contribution in [0.1, 0.15) is 27.7 Å². The van der Waals surface area contributed by atoms with Crippen LogP contribution >= 0.6 is 0 Å². The molecule has 1 fully saturated rings. The summed E-state index contributed by atoms with van der Waals surface area (Å²) in [6.07, 6.45) is 0. The molecule has 1 heterocycles. The van der Waals surface area contributed by atoms with Gasteiger partial charge in [-0.3, -0.25) is 0 Å². The Morgan fingerprint density at radius 1 is 0.944 bits per heavy atom. The molecule has 1 aliphatic heterocycles. The SMILES string of the molecule is CC1(C)OB(c2ccccc2)OC1(C)C.O[B]O. The molecule has 2 N–H and O–H groups in total. The number of rotatable bonds is 1. The van der Waals surface area contributed by atoms with Crippen LogP contribution in [0.4, 0.5) is 0 Å². The zero-order valence-corrected chi connectivity index (χ0v) is 11.3. The van der Waals surface area contributed by atoms with Crippen LogP contribution in [0.2, 0.25) is 0 Å². The number of hydrogen-bond donors (Lipinski definition) is 2. The average molecular weight is 249 g/mol. The third kappa shape index (κ3) is 3.36. The summed E-state index contributed by atoms with van der Waals surface area (Å²) < 4.78 is 11.9. The molecule has 0 aliphatic carbocycles. The van der Waals surface area contributed by atoms with E-state index in [1.54, 1.807) is 0 Å². The van der Waals surface area contributed by atoms with Crippen molar-refractivity contribution < 1.29 is 19.4 Å². The zero-order chi connectivity index (χ0) is 13.8. The van der Waals surface area contributed by atoms with Crippen LogP contribution in [-0.4, -0.2) is 36.1 Å². The molecular weight excluding hydrogens is 230 g/mol. The van der Waals surface area contributed by atoms with Gasteiger partial charge in [-0.2, -0.15) is 0 Å². The van der Waals surface area contributed by atoms with Gasteiger partial charge >= 0.3 is 14.8 Å². The minimum absolute atomic E-state index is 0. The number of benzene rings is 1. The second-order valence-corrected chi connectivity index (χ2v) is 5.11. The second-order valence-electron chi connectivity index (χ2n) is 5.11. The van der Waals surface area contributed by atoms with E-state index in [2.05, 4.69) is 27.7 Å². The first-order valence-electron chi connectivity index (χ1n) is 5.85. The van der Waals surface area contributed by atoms with E-state index in [1.807, 2.05) is 30.3 Å². The normalized spacial score (nSPS) is 20.0. The fraction of sp³-hybridized carbons (Fsp3) is 0.500. The molecule has 0 amide bonds. The molecule has 2 rings (SSSR count). The van der Waals surface area contributed by atoms with E-state index in [4.69, 9.17) is 19.4 Å². The highest BCUT2D eigenvalue weighted by atomic mass is 16.7. The maximum absolute atomic E-state index is 7.00. The Morgan fingerprint density at radius 2 is 1.33 bits per heavy atom. The van der Waals surface area contributed by atoms with E-state index in [1.165, 1.54) is 0 Å². The van der Waals surface area contributed by atoms with E-state index in [-0.39, 0.29) is 26.0 Å². The highest BCUT2D eigenvalue weighted by molar-refractivity contribution is 6.62. The lowest BCUT2D eigenvalue weighted by Crippen LogP contribution is -2.41. The van der Waals surface area contributed by atoms with Crippen LogP contribution in [0.5, 0.6) is 0 Å². The molecule has 18 heavy (non-hydrogen) atoms. The summed E-state index contributed by atoms with van der Waals surface area (Å²) in [6, 6.07) is 10.1. The Kier molecular flexibility index (Phi) is 4.99. The fourth-order valence-corrected chi connectivity index (χ4v) is 1.59. The maximum atomic E-state index is 7.00. The molecule has 0 saturated carbocycles. The molecule has 0 bridgehead atoms. The molecule has 4 nitrogen and oxygen atoms in total. The smallest absolute Gasteiger partial charge is 0.429 e. The number of hydrogen-bond acceptors (Lipinski definition) is 4. The van der Waals surface area contributed by atoms with Gasteiger partial charge in [-0.05, 0) is 33.2 Å². The molecule has 0 spiro atoms. The second kappa shape index (κ2) is 5.89. The van der Waals surface area contributed by atoms with Gasteiger partial charge in [-0.15, -0.1) is 0 Å². The van der Waals surface area contributed by atoms with Crippen LogP contribution in [0.15, 0.2) is 30.3 Å². The van der Waals surface area contributed by atoms with Gasteiger partial charge < -0.3 is 19.4 Å². The molecule has 1 aromatic carbocycles. The lowest BCUT2D eigenvalue weighted by Gasteiger charge is -2.32. The van der Waals surface area contributed by atoms with Gasteiger partial charge in [0.15, 0.2) is 0 Å². The summed E-state index contributed by atoms with van der Waals surface area (Å²) >= 11 is 0. The summed E-state index contributed by atoms with van der Waals surface area (Å²) in [7, 11) is -0.240. The Morgan fingerprint density at radius 3 is 1.72 bits per heavy atom. The first-order chi connectivity index (χ1) is 8.34. The van der Waals surface area contributed by atoms with Gasteiger partial charge in [0.25, 0.3) is 0 Å². The van der Waals surface area contributed by atoms with Gasteiger partial charge in [-0.25, -0.2) is 0 Å². The Hall–Kier alpha value is -0.810. The van der Waals surface area contributed by atoms with E-state index < -0.39 is 0 Å². The van der Waals surface area contributed by atoms with E-state index in [0.717, 1.165) is 5.46 Å². The van der Waals surface area contributed by atoms with E-state index >= 15 is 0 Å². The van der Waals surface area contributed by atoms with Crippen molar-refractivity contribution in [2.24, 2.45) is 0 Å². The van der Waals surface area contributed by atoms with Crippen LogP contribution < -0.4 is 5.46 Å². The largest absolute Gasteiger partial charge is 0.494 e. The monoisotopic (exact) mass is 249 g/mol. The van der Waals surface area contributed by atoms with Gasteiger partial charge in [-0.1, -0.05) is 30.3 Å². The molecule has 6 heteroatoms. The van der Waals surface area contributed by atoms with Crippen molar-refractivity contribution in [2.45, 2.75) is 38.9 Å². The highest BCUT2D eigenvalue weighted by Gasteiger charge is 2.51. The standard InChI is InChI=1S/C12H17BO2.BH2O2/c1-11(2)12(3,4)15-13(14-11)10-8-6-5-7-9-10;2-1-3/h5-9H,1-4H3;2-3H. The van der Waals surface area contributed by atoms with E-state index in [9.17, 15) is 0 Å². The van der Waals surface area contributed by atoms with Gasteiger partial charge in [0.05, 0.1) is 11.2 Å². The van der Waals surface area contributed by atoms with Gasteiger partial charge in [0.2, 0.25) is 0 Å². The summed E-state index contributed by atoms with van der Waals surface area (Å²) in [6.45, 7) is 8.26. The maximum Gasteiger partial charge on any atom is 0.494 e. The summed E-state index contributed by atoms with van der Waals surface area (Å²) in [4.78, 5) is 0. The minimum atomic E-state index is -0.256. The molecule has 1 radical (unpaired) electrons. The first kappa shape index (κ1) is 15.2. The lowest BCUT2D eigenvalue weighted by molar-refractivity contribution is 0.00578. The topological polar surface area (TPSA) is 58.9 Å². The Labute approximate surface area is 109 Å². The van der Waals surface area contributed by atoms with Crippen molar-refractivity contribution in [1.29, 1.82) is 0 Å². The third-order valence-corrected chi connectivity index (χ3v) is 3.32. The Bertz CT molecular complexity index is 352. The summed E-state index contributed by atoms with van der Waals surface area (Å²) in [5, 5.41) is 14.0. The van der Waals surface area contributed by atoms with Crippen molar-refractivity contribution >= 4 is 20.3 Å². The summed E-state index contributed by atoms with van der Waals surface area (Å²) in [5.74, 6) is 0. The van der Waals surface area contributed by atoms with Crippen molar-refractivity contribution in [2.75, 3.05) is 0 Å². The predicted octanol–water partition coefficient (Wildman–Crippen LogP) is 0.491. The van der Waals surface area contributed by atoms with Crippen molar-refractivity contribution in [3.05, 3.63) is 30.3 Å². The lowest BCUT2D eigenvalue weighted by atomic mass is 9.79. The summed E-state index contributed by atoms with van der Waals surface area (Å²) in [5.41, 5.74) is 0.567. The zero-order valence-electron chi connectivity index (χ0n) is 11.3.